The van der Waals surface area contributed by atoms with E-state index >= 15 is 0 Å². The molecule has 0 amide bonds. The molecule has 1 aromatic carbocycles. The molecule has 0 spiro atoms. The van der Waals surface area contributed by atoms with E-state index in [2.05, 4.69) is 4.90 Å². The number of primary sulfonamides is 1. The SMILES string of the molecule is NS(=O)(=O)c1ccc(CN2CCOCC2)cc1F. The molecule has 1 heterocycles. The van der Waals surface area contributed by atoms with Crippen molar-refractivity contribution in [1.29, 1.82) is 0 Å². The highest BCUT2D eigenvalue weighted by atomic mass is 32.2. The molecule has 0 saturated carbocycles. The van der Waals surface area contributed by atoms with Gasteiger partial charge in [-0.1, -0.05) is 6.07 Å². The molecule has 18 heavy (non-hydrogen) atoms. The molecule has 2 N–H and O–H groups in total. The van der Waals surface area contributed by atoms with Crippen LogP contribution in [0.2, 0.25) is 0 Å². The lowest BCUT2D eigenvalue weighted by atomic mass is 10.2. The fourth-order valence-electron chi connectivity index (χ4n) is 1.89. The van der Waals surface area contributed by atoms with Crippen molar-refractivity contribution in [2.75, 3.05) is 26.3 Å². The van der Waals surface area contributed by atoms with Gasteiger partial charge in [-0.3, -0.25) is 4.90 Å². The molecule has 0 radical (unpaired) electrons. The predicted molar refractivity (Wildman–Crippen MR) is 63.9 cm³/mol. The Bertz CT molecular complexity index is 527. The zero-order chi connectivity index (χ0) is 13.2. The maximum absolute atomic E-state index is 13.6. The molecule has 0 atom stereocenters. The number of hydrogen-bond acceptors (Lipinski definition) is 4. The summed E-state index contributed by atoms with van der Waals surface area (Å²) >= 11 is 0. The van der Waals surface area contributed by atoms with Gasteiger partial charge in [0, 0.05) is 19.6 Å². The van der Waals surface area contributed by atoms with Crippen LogP contribution in [-0.4, -0.2) is 39.6 Å². The van der Waals surface area contributed by atoms with Crippen LogP contribution in [0.5, 0.6) is 0 Å². The number of hydrogen-bond donors (Lipinski definition) is 1. The third-order valence-electron chi connectivity index (χ3n) is 2.81. The number of rotatable bonds is 3. The van der Waals surface area contributed by atoms with Crippen molar-refractivity contribution >= 4 is 10.0 Å². The maximum atomic E-state index is 13.6. The Balaban J connectivity index is 2.13. The number of nitrogens with two attached hydrogens (primary N) is 1. The van der Waals surface area contributed by atoms with Crippen molar-refractivity contribution in [1.82, 2.24) is 4.90 Å². The van der Waals surface area contributed by atoms with E-state index in [0.29, 0.717) is 19.8 Å². The van der Waals surface area contributed by atoms with Gasteiger partial charge in [0.05, 0.1) is 13.2 Å². The van der Waals surface area contributed by atoms with Crippen molar-refractivity contribution in [3.63, 3.8) is 0 Å². The monoisotopic (exact) mass is 274 g/mol. The molecule has 1 fully saturated rings. The molecule has 5 nitrogen and oxygen atoms in total. The predicted octanol–water partition coefficient (Wildman–Crippen LogP) is 0.305. The third-order valence-corrected chi connectivity index (χ3v) is 3.76. The number of benzene rings is 1. The van der Waals surface area contributed by atoms with Gasteiger partial charge in [0.15, 0.2) is 0 Å². The summed E-state index contributed by atoms with van der Waals surface area (Å²) in [6, 6.07) is 4.01. The average Bonchev–Trinajstić information content (AvgIpc) is 2.28. The topological polar surface area (TPSA) is 72.6 Å². The summed E-state index contributed by atoms with van der Waals surface area (Å²) in [5.41, 5.74) is 0.724. The molecule has 1 aliphatic rings. The third kappa shape index (κ3) is 3.26. The van der Waals surface area contributed by atoms with Gasteiger partial charge in [0.25, 0.3) is 0 Å². The summed E-state index contributed by atoms with van der Waals surface area (Å²) in [6.07, 6.45) is 0. The van der Waals surface area contributed by atoms with E-state index in [1.807, 2.05) is 0 Å². The second kappa shape index (κ2) is 5.31. The molecule has 2 rings (SSSR count). The minimum Gasteiger partial charge on any atom is -0.379 e. The van der Waals surface area contributed by atoms with Crippen LogP contribution in [0.1, 0.15) is 5.56 Å². The van der Waals surface area contributed by atoms with Crippen LogP contribution in [0.25, 0.3) is 0 Å². The number of morpholine rings is 1. The first kappa shape index (κ1) is 13.4. The van der Waals surface area contributed by atoms with E-state index in [0.717, 1.165) is 18.7 Å². The first-order valence-electron chi connectivity index (χ1n) is 5.58. The van der Waals surface area contributed by atoms with Gasteiger partial charge < -0.3 is 4.74 Å². The molecule has 100 valence electrons. The van der Waals surface area contributed by atoms with Crippen LogP contribution >= 0.6 is 0 Å². The van der Waals surface area contributed by atoms with E-state index in [-0.39, 0.29) is 0 Å². The Kier molecular flexibility index (Phi) is 3.96. The fraction of sp³-hybridized carbons (Fsp3) is 0.455. The van der Waals surface area contributed by atoms with E-state index in [1.165, 1.54) is 12.1 Å². The van der Waals surface area contributed by atoms with E-state index < -0.39 is 20.7 Å². The zero-order valence-electron chi connectivity index (χ0n) is 9.80. The molecule has 0 bridgehead atoms. The molecule has 0 aliphatic carbocycles. The minimum atomic E-state index is -3.99. The van der Waals surface area contributed by atoms with Gasteiger partial charge in [-0.25, -0.2) is 17.9 Å². The molecule has 1 aliphatic heterocycles. The highest BCUT2D eigenvalue weighted by Crippen LogP contribution is 2.16. The summed E-state index contributed by atoms with van der Waals surface area (Å²) in [4.78, 5) is 1.66. The Morgan fingerprint density at radius 3 is 2.56 bits per heavy atom. The molecular formula is C11H15FN2O3S. The largest absolute Gasteiger partial charge is 0.379 e. The van der Waals surface area contributed by atoms with Crippen molar-refractivity contribution in [3.8, 4) is 0 Å². The first-order valence-corrected chi connectivity index (χ1v) is 7.13. The highest BCUT2D eigenvalue weighted by Gasteiger charge is 2.16. The van der Waals surface area contributed by atoms with Gasteiger partial charge in [-0.2, -0.15) is 0 Å². The van der Waals surface area contributed by atoms with Crippen molar-refractivity contribution in [2.45, 2.75) is 11.4 Å². The van der Waals surface area contributed by atoms with Crippen LogP contribution in [0, 0.1) is 5.82 Å². The van der Waals surface area contributed by atoms with Crippen LogP contribution < -0.4 is 5.14 Å². The molecule has 0 aromatic heterocycles. The highest BCUT2D eigenvalue weighted by molar-refractivity contribution is 7.89. The van der Waals surface area contributed by atoms with Gasteiger partial charge in [0.1, 0.15) is 10.7 Å². The Morgan fingerprint density at radius 2 is 2.00 bits per heavy atom. The first-order chi connectivity index (χ1) is 8.47. The molecule has 7 heteroatoms. The van der Waals surface area contributed by atoms with Gasteiger partial charge in [0.2, 0.25) is 10.0 Å². The summed E-state index contributed by atoms with van der Waals surface area (Å²) in [5, 5.41) is 4.90. The van der Waals surface area contributed by atoms with Crippen LogP contribution in [0.3, 0.4) is 0 Å². The fourth-order valence-corrected chi connectivity index (χ4v) is 2.48. The smallest absolute Gasteiger partial charge is 0.240 e. The van der Waals surface area contributed by atoms with Crippen molar-refractivity contribution in [3.05, 3.63) is 29.6 Å². The maximum Gasteiger partial charge on any atom is 0.240 e. The Morgan fingerprint density at radius 1 is 1.33 bits per heavy atom. The van der Waals surface area contributed by atoms with Gasteiger partial charge in [-0.15, -0.1) is 0 Å². The summed E-state index contributed by atoms with van der Waals surface area (Å²) in [7, 11) is -3.99. The standard InChI is InChI=1S/C11H15FN2O3S/c12-10-7-9(1-2-11(10)18(13,15)16)8-14-3-5-17-6-4-14/h1-2,7H,3-6,8H2,(H2,13,15,16). The molecular weight excluding hydrogens is 259 g/mol. The second-order valence-electron chi connectivity index (χ2n) is 4.20. The number of nitrogens with zero attached hydrogens (tertiary/aromatic N) is 1. The minimum absolute atomic E-state index is 0.465. The van der Waals surface area contributed by atoms with Gasteiger partial charge >= 0.3 is 0 Å². The van der Waals surface area contributed by atoms with E-state index in [4.69, 9.17) is 9.88 Å². The lowest BCUT2D eigenvalue weighted by Gasteiger charge is -2.26. The van der Waals surface area contributed by atoms with Crippen LogP contribution in [0.15, 0.2) is 23.1 Å². The average molecular weight is 274 g/mol. The van der Waals surface area contributed by atoms with E-state index in [1.54, 1.807) is 6.07 Å². The zero-order valence-corrected chi connectivity index (χ0v) is 10.6. The molecule has 0 unspecified atom stereocenters. The number of ether oxygens (including phenoxy) is 1. The normalized spacial score (nSPS) is 17.9. The molecule has 1 saturated heterocycles. The van der Waals surface area contributed by atoms with Crippen molar-refractivity contribution in [2.24, 2.45) is 5.14 Å². The molecule has 1 aromatic rings. The summed E-state index contributed by atoms with van der Waals surface area (Å²) in [5.74, 6) is -0.803. The lowest BCUT2D eigenvalue weighted by Crippen LogP contribution is -2.35. The Labute approximate surface area is 105 Å². The van der Waals surface area contributed by atoms with E-state index in [9.17, 15) is 12.8 Å². The van der Waals surface area contributed by atoms with Crippen LogP contribution in [-0.2, 0) is 21.3 Å². The van der Waals surface area contributed by atoms with Gasteiger partial charge in [-0.05, 0) is 17.7 Å². The van der Waals surface area contributed by atoms with Crippen molar-refractivity contribution < 1.29 is 17.5 Å². The lowest BCUT2D eigenvalue weighted by molar-refractivity contribution is 0.0341. The summed E-state index contributed by atoms with van der Waals surface area (Å²) in [6.45, 7) is 3.48. The summed E-state index contributed by atoms with van der Waals surface area (Å²) < 4.78 is 40.9. The number of halogens is 1. The Hall–Kier alpha value is -1.02. The quantitative estimate of drug-likeness (QED) is 0.860. The van der Waals surface area contributed by atoms with Crippen LogP contribution in [0.4, 0.5) is 4.39 Å². The second-order valence-corrected chi connectivity index (χ2v) is 5.73. The number of sulfonamides is 1.